The Kier molecular flexibility index (Phi) is 4.63. The van der Waals surface area contributed by atoms with Crippen molar-refractivity contribution in [2.75, 3.05) is 0 Å². The lowest BCUT2D eigenvalue weighted by Crippen LogP contribution is -2.17. The second kappa shape index (κ2) is 7.09. The number of aryl methyl sites for hydroxylation is 1. The molecule has 0 bridgehead atoms. The van der Waals surface area contributed by atoms with Gasteiger partial charge in [-0.15, -0.1) is 22.7 Å². The Balaban J connectivity index is 1.63. The Bertz CT molecular complexity index is 1160. The second-order valence-electron chi connectivity index (χ2n) is 6.17. The van der Waals surface area contributed by atoms with E-state index in [9.17, 15) is 9.59 Å². The molecule has 0 spiro atoms. The summed E-state index contributed by atoms with van der Waals surface area (Å²) in [7, 11) is 0. The van der Waals surface area contributed by atoms with Crippen LogP contribution in [0.5, 0.6) is 0 Å². The van der Waals surface area contributed by atoms with Crippen molar-refractivity contribution in [3.8, 4) is 10.4 Å². The summed E-state index contributed by atoms with van der Waals surface area (Å²) in [6, 6.07) is 11.1. The Morgan fingerprint density at radius 1 is 1.19 bits per heavy atom. The van der Waals surface area contributed by atoms with Crippen molar-refractivity contribution in [3.63, 3.8) is 0 Å². The van der Waals surface area contributed by atoms with Crippen LogP contribution in [0.3, 0.4) is 0 Å². The van der Waals surface area contributed by atoms with E-state index in [0.29, 0.717) is 21.6 Å². The summed E-state index contributed by atoms with van der Waals surface area (Å²) in [5.74, 6) is -0.108. The first-order valence-corrected chi connectivity index (χ1v) is 10.1. The fourth-order valence-corrected chi connectivity index (χ4v) is 4.51. The average Bonchev–Trinajstić information content (AvgIpc) is 3.31. The third-order valence-corrected chi connectivity index (χ3v) is 5.98. The lowest BCUT2D eigenvalue weighted by Gasteiger charge is -2.12. The third kappa shape index (κ3) is 3.43. The number of hydrogen-bond donors (Lipinski definition) is 1. The van der Waals surface area contributed by atoms with Crippen molar-refractivity contribution in [1.29, 1.82) is 0 Å². The molecular formula is C20H16N2O3S2. The Labute approximate surface area is 163 Å². The predicted octanol–water partition coefficient (Wildman–Crippen LogP) is 4.94. The van der Waals surface area contributed by atoms with Crippen LogP contribution >= 0.6 is 22.7 Å². The number of H-pyrrole nitrogens is 1. The first-order chi connectivity index (χ1) is 13.0. The summed E-state index contributed by atoms with van der Waals surface area (Å²) in [5.41, 5.74) is 2.19. The van der Waals surface area contributed by atoms with Crippen LogP contribution < -0.4 is 5.56 Å². The molecule has 0 saturated carbocycles. The van der Waals surface area contributed by atoms with E-state index in [4.69, 9.17) is 4.74 Å². The summed E-state index contributed by atoms with van der Waals surface area (Å²) < 4.78 is 5.48. The number of fused-ring (bicyclic) bond motifs is 1. The van der Waals surface area contributed by atoms with E-state index in [-0.39, 0.29) is 5.56 Å². The van der Waals surface area contributed by atoms with E-state index in [1.165, 1.54) is 11.3 Å². The number of benzene rings is 1. The molecule has 0 aliphatic rings. The van der Waals surface area contributed by atoms with Gasteiger partial charge < -0.3 is 9.72 Å². The summed E-state index contributed by atoms with van der Waals surface area (Å²) >= 11 is 2.99. The van der Waals surface area contributed by atoms with Gasteiger partial charge in [-0.25, -0.2) is 9.78 Å². The van der Waals surface area contributed by atoms with Crippen molar-refractivity contribution in [1.82, 2.24) is 9.97 Å². The number of nitrogens with one attached hydrogen (secondary N) is 1. The highest BCUT2D eigenvalue weighted by Crippen LogP contribution is 2.33. The first kappa shape index (κ1) is 17.6. The maximum absolute atomic E-state index is 12.6. The van der Waals surface area contributed by atoms with Crippen molar-refractivity contribution < 1.29 is 9.53 Å². The predicted molar refractivity (Wildman–Crippen MR) is 109 cm³/mol. The van der Waals surface area contributed by atoms with Gasteiger partial charge in [0, 0.05) is 15.8 Å². The molecule has 3 heterocycles. The molecule has 7 heteroatoms. The van der Waals surface area contributed by atoms with Gasteiger partial charge in [-0.3, -0.25) is 4.79 Å². The standard InChI is InChI=1S/C20H16N2O3S2/c1-11-5-7-13(8-6-11)20(24)25-12(2)17-21-18(23)16-14(10-27-19(16)22-17)15-4-3-9-26-15/h3-10,12H,1-2H3,(H,21,22,23)/t12-/m0/s1. The van der Waals surface area contributed by atoms with Crippen LogP contribution in [-0.2, 0) is 4.74 Å². The molecule has 136 valence electrons. The van der Waals surface area contributed by atoms with Crippen LogP contribution in [0.4, 0.5) is 0 Å². The van der Waals surface area contributed by atoms with E-state index < -0.39 is 12.1 Å². The van der Waals surface area contributed by atoms with Gasteiger partial charge >= 0.3 is 5.97 Å². The normalized spacial score (nSPS) is 12.2. The van der Waals surface area contributed by atoms with Gasteiger partial charge in [-0.1, -0.05) is 23.8 Å². The number of esters is 1. The fraction of sp³-hybridized carbons (Fsp3) is 0.150. The molecule has 0 radical (unpaired) electrons. The number of aromatic nitrogens is 2. The highest BCUT2D eigenvalue weighted by Gasteiger charge is 2.19. The topological polar surface area (TPSA) is 72.0 Å². The van der Waals surface area contributed by atoms with E-state index in [0.717, 1.165) is 16.0 Å². The molecule has 0 saturated heterocycles. The highest BCUT2D eigenvalue weighted by molar-refractivity contribution is 7.18. The maximum atomic E-state index is 12.6. The molecule has 3 aromatic heterocycles. The molecular weight excluding hydrogens is 380 g/mol. The molecule has 27 heavy (non-hydrogen) atoms. The van der Waals surface area contributed by atoms with Gasteiger partial charge in [0.05, 0.1) is 10.9 Å². The monoisotopic (exact) mass is 396 g/mol. The molecule has 1 N–H and O–H groups in total. The molecule has 0 aliphatic carbocycles. The number of thiophene rings is 2. The maximum Gasteiger partial charge on any atom is 0.338 e. The van der Waals surface area contributed by atoms with Crippen LogP contribution in [0.15, 0.2) is 52.0 Å². The van der Waals surface area contributed by atoms with Crippen LogP contribution in [0, 0.1) is 6.92 Å². The van der Waals surface area contributed by atoms with E-state index in [2.05, 4.69) is 9.97 Å². The quantitative estimate of drug-likeness (QED) is 0.496. The molecule has 0 aliphatic heterocycles. The molecule has 0 unspecified atom stereocenters. The largest absolute Gasteiger partial charge is 0.451 e. The van der Waals surface area contributed by atoms with Gasteiger partial charge in [0.25, 0.3) is 5.56 Å². The molecule has 0 amide bonds. The van der Waals surface area contributed by atoms with Crippen LogP contribution in [0.2, 0.25) is 0 Å². The zero-order valence-electron chi connectivity index (χ0n) is 14.7. The van der Waals surface area contributed by atoms with E-state index in [1.807, 2.05) is 41.9 Å². The Hall–Kier alpha value is -2.77. The van der Waals surface area contributed by atoms with E-state index >= 15 is 0 Å². The van der Waals surface area contributed by atoms with Crippen molar-refractivity contribution in [3.05, 3.63) is 74.5 Å². The number of carbonyl (C=O) groups is 1. The minimum absolute atomic E-state index is 0.224. The lowest BCUT2D eigenvalue weighted by atomic mass is 10.1. The van der Waals surface area contributed by atoms with Crippen LogP contribution in [0.25, 0.3) is 20.7 Å². The van der Waals surface area contributed by atoms with Crippen molar-refractivity contribution in [2.24, 2.45) is 0 Å². The number of rotatable bonds is 4. The molecule has 1 aromatic carbocycles. The summed E-state index contributed by atoms with van der Waals surface area (Å²) in [4.78, 5) is 33.9. The smallest absolute Gasteiger partial charge is 0.338 e. The van der Waals surface area contributed by atoms with Gasteiger partial charge in [-0.05, 0) is 37.4 Å². The van der Waals surface area contributed by atoms with Crippen LogP contribution in [0.1, 0.15) is 34.8 Å². The Morgan fingerprint density at radius 2 is 1.96 bits per heavy atom. The van der Waals surface area contributed by atoms with Crippen molar-refractivity contribution in [2.45, 2.75) is 20.0 Å². The summed E-state index contributed by atoms with van der Waals surface area (Å²) in [6.45, 7) is 3.65. The molecule has 5 nitrogen and oxygen atoms in total. The SMILES string of the molecule is Cc1ccc(C(=O)O[C@@H](C)c2nc3scc(-c4cccs4)c3c(=O)[nH]2)cc1. The number of ether oxygens (including phenoxy) is 1. The van der Waals surface area contributed by atoms with E-state index in [1.54, 1.807) is 30.4 Å². The van der Waals surface area contributed by atoms with Gasteiger partial charge in [0.1, 0.15) is 4.83 Å². The number of hydrogen-bond acceptors (Lipinski definition) is 6. The zero-order valence-corrected chi connectivity index (χ0v) is 16.3. The lowest BCUT2D eigenvalue weighted by molar-refractivity contribution is 0.0320. The van der Waals surface area contributed by atoms with Crippen molar-refractivity contribution >= 4 is 38.9 Å². The summed E-state index contributed by atoms with van der Waals surface area (Å²) in [5, 5.41) is 4.48. The number of aromatic amines is 1. The number of nitrogens with zero attached hydrogens (tertiary/aromatic N) is 1. The average molecular weight is 396 g/mol. The molecule has 4 rings (SSSR count). The minimum Gasteiger partial charge on any atom is -0.451 e. The second-order valence-corrected chi connectivity index (χ2v) is 7.98. The molecule has 1 atom stereocenters. The third-order valence-electron chi connectivity index (χ3n) is 4.21. The van der Waals surface area contributed by atoms with Crippen LogP contribution in [-0.4, -0.2) is 15.9 Å². The summed E-state index contributed by atoms with van der Waals surface area (Å²) in [6.07, 6.45) is -0.664. The Morgan fingerprint density at radius 3 is 2.67 bits per heavy atom. The first-order valence-electron chi connectivity index (χ1n) is 8.36. The minimum atomic E-state index is -0.664. The van der Waals surface area contributed by atoms with Gasteiger partial charge in [0.15, 0.2) is 11.9 Å². The molecule has 4 aromatic rings. The molecule has 0 fully saturated rings. The van der Waals surface area contributed by atoms with Gasteiger partial charge in [0.2, 0.25) is 0 Å². The number of carbonyl (C=O) groups excluding carboxylic acids is 1. The van der Waals surface area contributed by atoms with Gasteiger partial charge in [-0.2, -0.15) is 0 Å². The zero-order chi connectivity index (χ0) is 19.0. The highest BCUT2D eigenvalue weighted by atomic mass is 32.1. The fourth-order valence-electron chi connectivity index (χ4n) is 2.75.